The number of Topliss-reactive ketones (excluding diaryl/α,β-unsaturated/α-hetero) is 2. The highest BCUT2D eigenvalue weighted by Gasteiger charge is 2.39. The predicted octanol–water partition coefficient (Wildman–Crippen LogP) is 1.20. The van der Waals surface area contributed by atoms with E-state index in [0.29, 0.717) is 0 Å². The number of hydrogen-bond acceptors (Lipinski definition) is 6. The van der Waals surface area contributed by atoms with Crippen molar-refractivity contribution in [2.45, 2.75) is 30.4 Å². The maximum Gasteiger partial charge on any atom is 0.424 e. The molecule has 112 valence electrons. The van der Waals surface area contributed by atoms with Crippen molar-refractivity contribution in [3.05, 3.63) is 0 Å². The second-order valence-electron chi connectivity index (χ2n) is 3.61. The van der Waals surface area contributed by atoms with Crippen LogP contribution in [0.5, 0.6) is 0 Å². The molecule has 0 aliphatic rings. The highest BCUT2D eigenvalue weighted by Crippen LogP contribution is 2.09. The summed E-state index contributed by atoms with van der Waals surface area (Å²) in [5, 5.41) is 0. The zero-order valence-corrected chi connectivity index (χ0v) is 14.2. The first-order chi connectivity index (χ1) is 9.14. The summed E-state index contributed by atoms with van der Waals surface area (Å²) < 4.78 is 4.52. The van der Waals surface area contributed by atoms with Crippen molar-refractivity contribution in [3.63, 3.8) is 0 Å². The molecule has 0 spiro atoms. The SMILES string of the molecule is CCOC(=O)N(C(=O)C(=O)C(C)Br)C(=O)C(=O)C(C)Br. The monoisotopic (exact) mass is 413 g/mol. The van der Waals surface area contributed by atoms with Crippen LogP contribution < -0.4 is 0 Å². The Hall–Kier alpha value is -1.09. The fourth-order valence-electron chi connectivity index (χ4n) is 1.01. The number of ether oxygens (including phenoxy) is 1. The number of halogens is 2. The Kier molecular flexibility index (Phi) is 7.80. The van der Waals surface area contributed by atoms with Gasteiger partial charge in [0.25, 0.3) is 0 Å². The largest absolute Gasteiger partial charge is 0.449 e. The van der Waals surface area contributed by atoms with Gasteiger partial charge in [0.1, 0.15) is 0 Å². The summed E-state index contributed by atoms with van der Waals surface area (Å²) in [5.41, 5.74) is 0. The summed E-state index contributed by atoms with van der Waals surface area (Å²) in [6, 6.07) is 0. The van der Waals surface area contributed by atoms with Gasteiger partial charge in [-0.1, -0.05) is 31.9 Å². The Labute approximate surface area is 132 Å². The minimum absolute atomic E-state index is 0.0797. The summed E-state index contributed by atoms with van der Waals surface area (Å²) in [5.74, 6) is -4.92. The summed E-state index contributed by atoms with van der Waals surface area (Å²) in [4.78, 5) is 56.5. The van der Waals surface area contributed by atoms with Gasteiger partial charge in [-0.25, -0.2) is 4.79 Å². The molecule has 0 N–H and O–H groups in total. The predicted molar refractivity (Wildman–Crippen MR) is 75.7 cm³/mol. The molecule has 2 unspecified atom stereocenters. The van der Waals surface area contributed by atoms with Crippen LogP contribution in [0.2, 0.25) is 0 Å². The van der Waals surface area contributed by atoms with Crippen LogP contribution in [0.15, 0.2) is 0 Å². The smallest absolute Gasteiger partial charge is 0.424 e. The lowest BCUT2D eigenvalue weighted by molar-refractivity contribution is -0.153. The van der Waals surface area contributed by atoms with E-state index in [2.05, 4.69) is 36.6 Å². The third kappa shape index (κ3) is 4.78. The maximum absolute atomic E-state index is 11.8. The van der Waals surface area contributed by atoms with E-state index in [4.69, 9.17) is 0 Å². The lowest BCUT2D eigenvalue weighted by Crippen LogP contribution is -2.50. The van der Waals surface area contributed by atoms with Crippen molar-refractivity contribution in [1.29, 1.82) is 0 Å². The van der Waals surface area contributed by atoms with E-state index in [1.54, 1.807) is 0 Å². The van der Waals surface area contributed by atoms with E-state index in [1.807, 2.05) is 0 Å². The van der Waals surface area contributed by atoms with E-state index in [-0.39, 0.29) is 11.5 Å². The van der Waals surface area contributed by atoms with Gasteiger partial charge in [0.2, 0.25) is 11.6 Å². The molecule has 0 fully saturated rings. The van der Waals surface area contributed by atoms with Crippen molar-refractivity contribution in [2.75, 3.05) is 6.61 Å². The van der Waals surface area contributed by atoms with Crippen LogP contribution in [0, 0.1) is 0 Å². The standard InChI is InChI=1S/C11H13Br2NO6/c1-4-20-11(19)14(9(17)7(15)5(2)12)10(18)8(16)6(3)13/h5-6H,4H2,1-3H3. The quantitative estimate of drug-likeness (QED) is 0.495. The molecule has 7 nitrogen and oxygen atoms in total. The van der Waals surface area contributed by atoms with Crippen molar-refractivity contribution < 1.29 is 28.7 Å². The van der Waals surface area contributed by atoms with Crippen LogP contribution in [0.1, 0.15) is 20.8 Å². The van der Waals surface area contributed by atoms with Gasteiger partial charge in [0.05, 0.1) is 16.3 Å². The lowest BCUT2D eigenvalue weighted by Gasteiger charge is -2.17. The van der Waals surface area contributed by atoms with Gasteiger partial charge in [0.15, 0.2) is 0 Å². The van der Waals surface area contributed by atoms with Crippen molar-refractivity contribution in [3.8, 4) is 0 Å². The molecular formula is C11H13Br2NO6. The van der Waals surface area contributed by atoms with Crippen molar-refractivity contribution in [2.24, 2.45) is 0 Å². The topological polar surface area (TPSA) is 97.8 Å². The number of amides is 3. The molecule has 0 aliphatic heterocycles. The van der Waals surface area contributed by atoms with E-state index < -0.39 is 39.1 Å². The number of carbonyl (C=O) groups excluding carboxylic acids is 5. The second-order valence-corrected chi connectivity index (χ2v) is 6.35. The molecule has 3 amide bonds. The normalized spacial score (nSPS) is 13.1. The van der Waals surface area contributed by atoms with Gasteiger partial charge in [-0.15, -0.1) is 0 Å². The summed E-state index contributed by atoms with van der Waals surface area (Å²) in [6.07, 6.45) is -1.36. The van der Waals surface area contributed by atoms with E-state index in [1.165, 1.54) is 20.8 Å². The second kappa shape index (κ2) is 8.25. The molecule has 20 heavy (non-hydrogen) atoms. The third-order valence-electron chi connectivity index (χ3n) is 2.00. The fourth-order valence-corrected chi connectivity index (χ4v) is 1.40. The first-order valence-electron chi connectivity index (χ1n) is 5.56. The van der Waals surface area contributed by atoms with Gasteiger partial charge in [-0.3, -0.25) is 19.2 Å². The number of imide groups is 3. The number of ketones is 2. The molecule has 0 saturated carbocycles. The lowest BCUT2D eigenvalue weighted by atomic mass is 10.2. The first kappa shape index (κ1) is 18.9. The van der Waals surface area contributed by atoms with Gasteiger partial charge < -0.3 is 4.74 Å². The summed E-state index contributed by atoms with van der Waals surface area (Å²) in [7, 11) is 0. The molecule has 0 rings (SSSR count). The van der Waals surface area contributed by atoms with E-state index in [0.717, 1.165) is 0 Å². The van der Waals surface area contributed by atoms with E-state index in [9.17, 15) is 24.0 Å². The Morgan fingerprint density at radius 3 is 1.55 bits per heavy atom. The number of rotatable bonds is 5. The molecule has 0 heterocycles. The van der Waals surface area contributed by atoms with Gasteiger partial charge in [0, 0.05) is 0 Å². The molecule has 0 bridgehead atoms. The first-order valence-corrected chi connectivity index (χ1v) is 7.39. The Morgan fingerprint density at radius 2 is 1.30 bits per heavy atom. The zero-order valence-electron chi connectivity index (χ0n) is 11.0. The number of carbonyl (C=O) groups is 5. The zero-order chi connectivity index (χ0) is 16.0. The minimum atomic E-state index is -1.42. The molecule has 0 aromatic heterocycles. The highest BCUT2D eigenvalue weighted by molar-refractivity contribution is 9.10. The fraction of sp³-hybridized carbons (Fsp3) is 0.545. The number of nitrogens with zero attached hydrogens (tertiary/aromatic N) is 1. The van der Waals surface area contributed by atoms with Crippen LogP contribution in [-0.2, 0) is 23.9 Å². The maximum atomic E-state index is 11.8. The molecule has 0 aromatic carbocycles. The average Bonchev–Trinajstić information content (AvgIpc) is 2.36. The highest BCUT2D eigenvalue weighted by atomic mass is 79.9. The van der Waals surface area contributed by atoms with Crippen molar-refractivity contribution in [1.82, 2.24) is 4.90 Å². The van der Waals surface area contributed by atoms with E-state index >= 15 is 0 Å². The number of alkyl halides is 2. The van der Waals surface area contributed by atoms with Crippen LogP contribution in [0.4, 0.5) is 4.79 Å². The van der Waals surface area contributed by atoms with Crippen LogP contribution in [0.25, 0.3) is 0 Å². The average molecular weight is 415 g/mol. The van der Waals surface area contributed by atoms with Crippen LogP contribution >= 0.6 is 31.9 Å². The Morgan fingerprint density at radius 1 is 0.950 bits per heavy atom. The van der Waals surface area contributed by atoms with Crippen LogP contribution in [-0.4, -0.2) is 50.6 Å². The van der Waals surface area contributed by atoms with Crippen molar-refractivity contribution >= 4 is 61.3 Å². The third-order valence-corrected chi connectivity index (χ3v) is 2.83. The van der Waals surface area contributed by atoms with Gasteiger partial charge in [-0.2, -0.15) is 4.90 Å². The van der Waals surface area contributed by atoms with Gasteiger partial charge in [-0.05, 0) is 20.8 Å². The Bertz CT molecular complexity index is 414. The Balaban J connectivity index is 5.45. The molecular weight excluding hydrogens is 402 g/mol. The molecule has 0 aliphatic carbocycles. The van der Waals surface area contributed by atoms with Crippen LogP contribution in [0.3, 0.4) is 0 Å². The van der Waals surface area contributed by atoms with Gasteiger partial charge >= 0.3 is 17.9 Å². The molecule has 0 aromatic rings. The molecule has 9 heteroatoms. The number of hydrogen-bond donors (Lipinski definition) is 0. The molecule has 0 radical (unpaired) electrons. The molecule has 0 saturated heterocycles. The molecule has 2 atom stereocenters. The minimum Gasteiger partial charge on any atom is -0.449 e. The summed E-state index contributed by atoms with van der Waals surface area (Å²) >= 11 is 5.71. The summed E-state index contributed by atoms with van der Waals surface area (Å²) in [6.45, 7) is 4.03.